The first-order chi connectivity index (χ1) is 13.9. The molecule has 3 aromatic rings. The summed E-state index contributed by atoms with van der Waals surface area (Å²) in [5, 5.41) is 0. The average molecular weight is 411 g/mol. The number of rotatable bonds is 4. The molecular weight excluding hydrogens is 393 g/mol. The SMILES string of the molecule is O=C(c1cncc(NS(=O)(=O)c2ccc(F)cc2)c1)N1CCCc2ccccc21. The number of carbonyl (C=O) groups excluding carboxylic acids is 1. The summed E-state index contributed by atoms with van der Waals surface area (Å²) in [4.78, 5) is 18.7. The van der Waals surface area contributed by atoms with Crippen molar-refractivity contribution in [3.8, 4) is 0 Å². The van der Waals surface area contributed by atoms with Gasteiger partial charge >= 0.3 is 0 Å². The van der Waals surface area contributed by atoms with Crippen LogP contribution in [0.1, 0.15) is 22.3 Å². The maximum Gasteiger partial charge on any atom is 0.261 e. The molecule has 0 aliphatic carbocycles. The number of para-hydroxylation sites is 1. The number of hydrogen-bond acceptors (Lipinski definition) is 4. The number of nitrogens with zero attached hydrogens (tertiary/aromatic N) is 2. The minimum atomic E-state index is -3.93. The Morgan fingerprint density at radius 1 is 1.07 bits per heavy atom. The Labute approximate surface area is 168 Å². The molecule has 0 atom stereocenters. The Kier molecular flexibility index (Phi) is 5.02. The fourth-order valence-corrected chi connectivity index (χ4v) is 4.38. The van der Waals surface area contributed by atoms with Crippen molar-refractivity contribution in [1.29, 1.82) is 0 Å². The van der Waals surface area contributed by atoms with Gasteiger partial charge in [-0.05, 0) is 54.8 Å². The van der Waals surface area contributed by atoms with Gasteiger partial charge in [0.15, 0.2) is 0 Å². The van der Waals surface area contributed by atoms with Crippen LogP contribution in [0.25, 0.3) is 0 Å². The second-order valence-corrected chi connectivity index (χ2v) is 8.39. The lowest BCUT2D eigenvalue weighted by Gasteiger charge is -2.29. The van der Waals surface area contributed by atoms with Crippen LogP contribution in [0.5, 0.6) is 0 Å². The van der Waals surface area contributed by atoms with Crippen molar-refractivity contribution in [3.63, 3.8) is 0 Å². The molecule has 0 fully saturated rings. The second-order valence-electron chi connectivity index (χ2n) is 6.71. The average Bonchev–Trinajstić information content (AvgIpc) is 2.73. The van der Waals surface area contributed by atoms with Gasteiger partial charge in [0.1, 0.15) is 5.82 Å². The first kappa shape index (κ1) is 19.1. The fourth-order valence-electron chi connectivity index (χ4n) is 3.34. The highest BCUT2D eigenvalue weighted by atomic mass is 32.2. The molecule has 8 heteroatoms. The molecule has 1 aliphatic rings. The Hall–Kier alpha value is -3.26. The van der Waals surface area contributed by atoms with E-state index in [1.807, 2.05) is 24.3 Å². The number of sulfonamides is 1. The summed E-state index contributed by atoms with van der Waals surface area (Å²) >= 11 is 0. The van der Waals surface area contributed by atoms with Crippen molar-refractivity contribution in [2.75, 3.05) is 16.2 Å². The lowest BCUT2D eigenvalue weighted by Crippen LogP contribution is -2.35. The Bertz CT molecular complexity index is 1160. The fraction of sp³-hybridized carbons (Fsp3) is 0.143. The third-order valence-electron chi connectivity index (χ3n) is 4.72. The smallest absolute Gasteiger partial charge is 0.261 e. The minimum absolute atomic E-state index is 0.0828. The Morgan fingerprint density at radius 2 is 1.83 bits per heavy atom. The molecule has 6 nitrogen and oxygen atoms in total. The molecule has 1 aliphatic heterocycles. The van der Waals surface area contributed by atoms with E-state index in [9.17, 15) is 17.6 Å². The molecule has 0 unspecified atom stereocenters. The third-order valence-corrected chi connectivity index (χ3v) is 6.11. The van der Waals surface area contributed by atoms with Gasteiger partial charge in [-0.2, -0.15) is 0 Å². The minimum Gasteiger partial charge on any atom is -0.308 e. The van der Waals surface area contributed by atoms with E-state index in [1.165, 1.54) is 30.6 Å². The van der Waals surface area contributed by atoms with Crippen LogP contribution in [-0.4, -0.2) is 25.9 Å². The van der Waals surface area contributed by atoms with Crippen LogP contribution in [0.3, 0.4) is 0 Å². The van der Waals surface area contributed by atoms with E-state index in [4.69, 9.17) is 0 Å². The summed E-state index contributed by atoms with van der Waals surface area (Å²) in [6.07, 6.45) is 4.50. The molecular formula is C21H18FN3O3S. The molecule has 0 radical (unpaired) electrons. The van der Waals surface area contributed by atoms with Crippen LogP contribution in [0.2, 0.25) is 0 Å². The van der Waals surface area contributed by atoms with Gasteiger partial charge in [-0.3, -0.25) is 14.5 Å². The number of benzene rings is 2. The molecule has 0 saturated heterocycles. The predicted octanol–water partition coefficient (Wildman–Crippen LogP) is 3.61. The summed E-state index contributed by atoms with van der Waals surface area (Å²) in [7, 11) is -3.93. The highest BCUT2D eigenvalue weighted by Gasteiger charge is 2.24. The first-order valence-electron chi connectivity index (χ1n) is 9.07. The van der Waals surface area contributed by atoms with Crippen LogP contribution in [0.15, 0.2) is 71.9 Å². The van der Waals surface area contributed by atoms with Crippen molar-refractivity contribution < 1.29 is 17.6 Å². The van der Waals surface area contributed by atoms with Gasteiger partial charge in [-0.1, -0.05) is 18.2 Å². The van der Waals surface area contributed by atoms with Crippen LogP contribution >= 0.6 is 0 Å². The number of anilines is 2. The van der Waals surface area contributed by atoms with Crippen molar-refractivity contribution in [1.82, 2.24) is 4.98 Å². The number of halogens is 1. The number of aromatic nitrogens is 1. The van der Waals surface area contributed by atoms with Crippen LogP contribution < -0.4 is 9.62 Å². The number of aryl methyl sites for hydroxylation is 1. The highest BCUT2D eigenvalue weighted by molar-refractivity contribution is 7.92. The second kappa shape index (κ2) is 7.63. The number of nitrogens with one attached hydrogen (secondary N) is 1. The molecule has 0 saturated carbocycles. The van der Waals surface area contributed by atoms with Crippen molar-refractivity contribution in [2.45, 2.75) is 17.7 Å². The normalized spacial score (nSPS) is 13.6. The van der Waals surface area contributed by atoms with Crippen LogP contribution in [-0.2, 0) is 16.4 Å². The van der Waals surface area contributed by atoms with Crippen LogP contribution in [0, 0.1) is 5.82 Å². The summed E-state index contributed by atoms with van der Waals surface area (Å²) in [6.45, 7) is 0.585. The molecule has 0 spiro atoms. The lowest BCUT2D eigenvalue weighted by atomic mass is 10.0. The van der Waals surface area contributed by atoms with Crippen molar-refractivity contribution in [2.24, 2.45) is 0 Å². The molecule has 4 rings (SSSR count). The molecule has 148 valence electrons. The number of fused-ring (bicyclic) bond motifs is 1. The van der Waals surface area contributed by atoms with Crippen LogP contribution in [0.4, 0.5) is 15.8 Å². The monoisotopic (exact) mass is 411 g/mol. The summed E-state index contributed by atoms with van der Waals surface area (Å²) in [5.74, 6) is -0.771. The number of hydrogen-bond donors (Lipinski definition) is 1. The summed E-state index contributed by atoms with van der Waals surface area (Å²) in [6, 6.07) is 13.7. The van der Waals surface area contributed by atoms with E-state index in [-0.39, 0.29) is 22.1 Å². The third kappa shape index (κ3) is 3.97. The molecule has 1 aromatic heterocycles. The van der Waals surface area contributed by atoms with E-state index in [0.717, 1.165) is 36.2 Å². The predicted molar refractivity (Wildman–Crippen MR) is 108 cm³/mol. The largest absolute Gasteiger partial charge is 0.308 e. The zero-order valence-electron chi connectivity index (χ0n) is 15.4. The van der Waals surface area contributed by atoms with Crippen molar-refractivity contribution in [3.05, 3.63) is 83.9 Å². The summed E-state index contributed by atoms with van der Waals surface area (Å²) < 4.78 is 40.5. The zero-order valence-corrected chi connectivity index (χ0v) is 16.2. The Balaban J connectivity index is 1.59. The van der Waals surface area contributed by atoms with Gasteiger partial charge in [0, 0.05) is 18.4 Å². The Morgan fingerprint density at radius 3 is 2.62 bits per heavy atom. The molecule has 1 N–H and O–H groups in total. The molecule has 1 amide bonds. The van der Waals surface area contributed by atoms with E-state index in [1.54, 1.807) is 4.90 Å². The van der Waals surface area contributed by atoms with E-state index >= 15 is 0 Å². The number of pyridine rings is 1. The van der Waals surface area contributed by atoms with Gasteiger partial charge in [0.25, 0.3) is 15.9 Å². The number of amides is 1. The van der Waals surface area contributed by atoms with Gasteiger partial charge in [-0.25, -0.2) is 12.8 Å². The van der Waals surface area contributed by atoms with Gasteiger partial charge in [0.2, 0.25) is 0 Å². The van der Waals surface area contributed by atoms with E-state index in [2.05, 4.69) is 9.71 Å². The van der Waals surface area contributed by atoms with Gasteiger partial charge in [-0.15, -0.1) is 0 Å². The molecule has 29 heavy (non-hydrogen) atoms. The van der Waals surface area contributed by atoms with Gasteiger partial charge < -0.3 is 4.90 Å². The van der Waals surface area contributed by atoms with E-state index in [0.29, 0.717) is 6.54 Å². The molecule has 0 bridgehead atoms. The maximum atomic E-state index is 13.1. The molecule has 2 heterocycles. The number of carbonyl (C=O) groups is 1. The highest BCUT2D eigenvalue weighted by Crippen LogP contribution is 2.28. The summed E-state index contributed by atoms with van der Waals surface area (Å²) in [5.41, 5.74) is 2.40. The first-order valence-corrected chi connectivity index (χ1v) is 10.6. The van der Waals surface area contributed by atoms with Crippen molar-refractivity contribution >= 4 is 27.3 Å². The quantitative estimate of drug-likeness (QED) is 0.711. The van der Waals surface area contributed by atoms with E-state index < -0.39 is 15.8 Å². The lowest BCUT2D eigenvalue weighted by molar-refractivity contribution is 0.0985. The standard InChI is InChI=1S/C21H18FN3O3S/c22-17-7-9-19(10-8-17)29(27,28)24-18-12-16(13-23-14-18)21(26)25-11-3-5-15-4-1-2-6-20(15)25/h1-2,4,6-10,12-14,24H,3,5,11H2. The van der Waals surface area contributed by atoms with Gasteiger partial charge in [0.05, 0.1) is 22.3 Å². The topological polar surface area (TPSA) is 79.4 Å². The molecule has 2 aromatic carbocycles. The zero-order chi connectivity index (χ0) is 20.4. The maximum absolute atomic E-state index is 13.1.